The fourth-order valence-electron chi connectivity index (χ4n) is 1.20. The molecule has 0 saturated carbocycles. The monoisotopic (exact) mass is 236 g/mol. The Morgan fingerprint density at radius 3 is 3.06 bits per heavy atom. The zero-order valence-electron chi connectivity index (χ0n) is 9.12. The maximum atomic E-state index is 11.1. The van der Waals surface area contributed by atoms with Crippen molar-refractivity contribution >= 4 is 17.2 Å². The summed E-state index contributed by atoms with van der Waals surface area (Å²) in [6, 6.07) is 1.85. The van der Waals surface area contributed by atoms with Crippen LogP contribution in [0.2, 0.25) is 0 Å². The maximum Gasteiger partial charge on any atom is 0.219 e. The number of rotatable bonds is 3. The van der Waals surface area contributed by atoms with Crippen LogP contribution >= 0.6 is 11.3 Å². The lowest BCUT2D eigenvalue weighted by Crippen LogP contribution is -2.22. The van der Waals surface area contributed by atoms with Crippen LogP contribution in [0.15, 0.2) is 24.7 Å². The normalized spacial score (nSPS) is 10.4. The predicted molar refractivity (Wildman–Crippen MR) is 61.4 cm³/mol. The number of carbonyl (C=O) groups is 1. The minimum atomic E-state index is 0.0500. The van der Waals surface area contributed by atoms with E-state index in [1.165, 1.54) is 11.3 Å². The number of thiazole rings is 1. The van der Waals surface area contributed by atoms with Gasteiger partial charge in [0.2, 0.25) is 11.0 Å². The SMILES string of the molecule is CC(=O)N(C)Cc1cnc(-n2cccn2)s1. The Labute approximate surface area is 97.3 Å². The summed E-state index contributed by atoms with van der Waals surface area (Å²) in [5.74, 6) is 0.0500. The first-order valence-corrected chi connectivity index (χ1v) is 5.65. The second-order valence-electron chi connectivity index (χ2n) is 3.43. The molecule has 84 valence electrons. The fourth-order valence-corrected chi connectivity index (χ4v) is 2.11. The molecule has 5 nitrogen and oxygen atoms in total. The highest BCUT2D eigenvalue weighted by Gasteiger charge is 2.08. The van der Waals surface area contributed by atoms with Gasteiger partial charge in [-0.3, -0.25) is 4.79 Å². The number of hydrogen-bond acceptors (Lipinski definition) is 4. The first kappa shape index (κ1) is 10.8. The van der Waals surface area contributed by atoms with Crippen LogP contribution < -0.4 is 0 Å². The van der Waals surface area contributed by atoms with Gasteiger partial charge in [-0.1, -0.05) is 11.3 Å². The second-order valence-corrected chi connectivity index (χ2v) is 4.53. The zero-order valence-corrected chi connectivity index (χ0v) is 9.94. The summed E-state index contributed by atoms with van der Waals surface area (Å²) >= 11 is 1.53. The van der Waals surface area contributed by atoms with Crippen molar-refractivity contribution in [2.75, 3.05) is 7.05 Å². The third-order valence-electron chi connectivity index (χ3n) is 2.17. The standard InChI is InChI=1S/C10H12N4OS/c1-8(15)13(2)7-9-6-11-10(16-9)14-5-3-4-12-14/h3-6H,7H2,1-2H3. The maximum absolute atomic E-state index is 11.1. The molecule has 2 aromatic rings. The van der Waals surface area contributed by atoms with Gasteiger partial charge in [0.05, 0.1) is 6.54 Å². The van der Waals surface area contributed by atoms with Gasteiger partial charge < -0.3 is 4.90 Å². The molecule has 0 aliphatic carbocycles. The Morgan fingerprint density at radius 1 is 1.62 bits per heavy atom. The molecule has 6 heteroatoms. The van der Waals surface area contributed by atoms with Crippen LogP contribution in [-0.2, 0) is 11.3 Å². The van der Waals surface area contributed by atoms with Gasteiger partial charge in [-0.25, -0.2) is 9.67 Å². The molecule has 0 atom stereocenters. The number of nitrogens with zero attached hydrogens (tertiary/aromatic N) is 4. The van der Waals surface area contributed by atoms with Crippen LogP contribution in [0.1, 0.15) is 11.8 Å². The Kier molecular flexibility index (Phi) is 3.00. The Balaban J connectivity index is 2.11. The van der Waals surface area contributed by atoms with Gasteiger partial charge in [0, 0.05) is 37.4 Å². The van der Waals surface area contributed by atoms with Gasteiger partial charge in [-0.05, 0) is 6.07 Å². The molecule has 0 saturated heterocycles. The van der Waals surface area contributed by atoms with Crippen molar-refractivity contribution in [3.8, 4) is 5.13 Å². The van der Waals surface area contributed by atoms with Gasteiger partial charge in [-0.15, -0.1) is 0 Å². The van der Waals surface area contributed by atoms with Crippen LogP contribution in [0, 0.1) is 0 Å². The molecular weight excluding hydrogens is 224 g/mol. The number of carbonyl (C=O) groups excluding carboxylic acids is 1. The summed E-state index contributed by atoms with van der Waals surface area (Å²) in [6.45, 7) is 2.14. The van der Waals surface area contributed by atoms with Gasteiger partial charge in [-0.2, -0.15) is 5.10 Å². The molecule has 2 aromatic heterocycles. The molecular formula is C10H12N4OS. The molecule has 0 N–H and O–H groups in total. The fraction of sp³-hybridized carbons (Fsp3) is 0.300. The molecule has 0 spiro atoms. The molecule has 0 bridgehead atoms. The highest BCUT2D eigenvalue weighted by Crippen LogP contribution is 2.17. The molecule has 2 heterocycles. The first-order valence-electron chi connectivity index (χ1n) is 4.83. The quantitative estimate of drug-likeness (QED) is 0.807. The summed E-state index contributed by atoms with van der Waals surface area (Å²) in [5.41, 5.74) is 0. The van der Waals surface area contributed by atoms with Crippen molar-refractivity contribution in [2.45, 2.75) is 13.5 Å². The van der Waals surface area contributed by atoms with Crippen molar-refractivity contribution in [3.05, 3.63) is 29.5 Å². The van der Waals surface area contributed by atoms with Crippen molar-refractivity contribution in [1.82, 2.24) is 19.7 Å². The third-order valence-corrected chi connectivity index (χ3v) is 3.14. The molecule has 0 unspecified atom stereocenters. The number of aromatic nitrogens is 3. The molecule has 0 aromatic carbocycles. The summed E-state index contributed by atoms with van der Waals surface area (Å²) in [5, 5.41) is 4.91. The summed E-state index contributed by atoms with van der Waals surface area (Å²) < 4.78 is 1.71. The highest BCUT2D eigenvalue weighted by molar-refractivity contribution is 7.14. The van der Waals surface area contributed by atoms with Gasteiger partial charge in [0.1, 0.15) is 0 Å². The van der Waals surface area contributed by atoms with Crippen LogP contribution in [0.4, 0.5) is 0 Å². The lowest BCUT2D eigenvalue weighted by molar-refractivity contribution is -0.128. The van der Waals surface area contributed by atoms with Gasteiger partial charge in [0.25, 0.3) is 0 Å². The van der Waals surface area contributed by atoms with E-state index in [0.717, 1.165) is 10.0 Å². The Hall–Kier alpha value is -1.69. The number of hydrogen-bond donors (Lipinski definition) is 0. The molecule has 16 heavy (non-hydrogen) atoms. The highest BCUT2D eigenvalue weighted by atomic mass is 32.1. The molecule has 0 aliphatic rings. The largest absolute Gasteiger partial charge is 0.341 e. The number of amides is 1. The van der Waals surface area contributed by atoms with E-state index >= 15 is 0 Å². The van der Waals surface area contributed by atoms with E-state index in [4.69, 9.17) is 0 Å². The summed E-state index contributed by atoms with van der Waals surface area (Å²) in [6.07, 6.45) is 5.33. The average molecular weight is 236 g/mol. The Bertz CT molecular complexity index is 477. The van der Waals surface area contributed by atoms with E-state index < -0.39 is 0 Å². The van der Waals surface area contributed by atoms with E-state index in [9.17, 15) is 4.79 Å². The molecule has 2 rings (SSSR count). The van der Waals surface area contributed by atoms with Crippen LogP contribution in [0.25, 0.3) is 5.13 Å². The average Bonchev–Trinajstić information content (AvgIpc) is 2.85. The van der Waals surface area contributed by atoms with E-state index in [0.29, 0.717) is 6.54 Å². The van der Waals surface area contributed by atoms with Gasteiger partial charge >= 0.3 is 0 Å². The minimum absolute atomic E-state index is 0.0500. The lowest BCUT2D eigenvalue weighted by atomic mass is 10.5. The van der Waals surface area contributed by atoms with Crippen LogP contribution in [0.3, 0.4) is 0 Å². The molecule has 0 aliphatic heterocycles. The smallest absolute Gasteiger partial charge is 0.219 e. The van der Waals surface area contributed by atoms with Crippen LogP contribution in [-0.4, -0.2) is 32.6 Å². The van der Waals surface area contributed by atoms with Gasteiger partial charge in [0.15, 0.2) is 0 Å². The second kappa shape index (κ2) is 4.44. The van der Waals surface area contributed by atoms with Crippen molar-refractivity contribution in [3.63, 3.8) is 0 Å². The minimum Gasteiger partial charge on any atom is -0.341 e. The van der Waals surface area contributed by atoms with E-state index in [1.54, 1.807) is 35.9 Å². The summed E-state index contributed by atoms with van der Waals surface area (Å²) in [7, 11) is 1.77. The molecule has 0 radical (unpaired) electrons. The molecule has 1 amide bonds. The van der Waals surface area contributed by atoms with E-state index in [1.807, 2.05) is 12.3 Å². The van der Waals surface area contributed by atoms with E-state index in [2.05, 4.69) is 10.1 Å². The van der Waals surface area contributed by atoms with Crippen molar-refractivity contribution < 1.29 is 4.79 Å². The first-order chi connectivity index (χ1) is 7.66. The zero-order chi connectivity index (χ0) is 11.5. The van der Waals surface area contributed by atoms with Crippen molar-refractivity contribution in [1.29, 1.82) is 0 Å². The topological polar surface area (TPSA) is 51.0 Å². The third kappa shape index (κ3) is 2.27. The van der Waals surface area contributed by atoms with E-state index in [-0.39, 0.29) is 5.91 Å². The molecule has 0 fully saturated rings. The Morgan fingerprint density at radius 2 is 2.44 bits per heavy atom. The predicted octanol–water partition coefficient (Wildman–Crippen LogP) is 1.31. The lowest BCUT2D eigenvalue weighted by Gasteiger charge is -2.12. The van der Waals surface area contributed by atoms with Crippen LogP contribution in [0.5, 0.6) is 0 Å². The summed E-state index contributed by atoms with van der Waals surface area (Å²) in [4.78, 5) is 18.0. The van der Waals surface area contributed by atoms with Crippen molar-refractivity contribution in [2.24, 2.45) is 0 Å².